The maximum Gasteiger partial charge on any atom is 0.133 e. The lowest BCUT2D eigenvalue weighted by molar-refractivity contribution is 0.420. The zero-order valence-electron chi connectivity index (χ0n) is 10.4. The highest BCUT2D eigenvalue weighted by Crippen LogP contribution is 2.40. The molecule has 0 spiro atoms. The molecular formula is C15H15ClN2. The quantitative estimate of drug-likeness (QED) is 0.748. The highest BCUT2D eigenvalue weighted by molar-refractivity contribution is 6.29. The van der Waals surface area contributed by atoms with Crippen LogP contribution in [0.3, 0.4) is 0 Å². The molecule has 0 amide bonds. The predicted octanol–water partition coefficient (Wildman–Crippen LogP) is 4.37. The van der Waals surface area contributed by atoms with Gasteiger partial charge in [-0.15, -0.1) is 0 Å². The summed E-state index contributed by atoms with van der Waals surface area (Å²) in [6.07, 6.45) is 3.91. The standard InChI is InChI=1S/C15H15ClN2/c1-10-17-14(9-15(16)18-10)13-8-3-2-7-12(13)11-5-4-6-11/h2-3,7-9,11H,4-6H2,1H3. The number of aryl methyl sites for hydroxylation is 1. The SMILES string of the molecule is Cc1nc(Cl)cc(-c2ccccc2C2CCC2)n1. The van der Waals surface area contributed by atoms with Crippen LogP contribution in [-0.2, 0) is 0 Å². The van der Waals surface area contributed by atoms with Crippen LogP contribution >= 0.6 is 11.6 Å². The Labute approximate surface area is 112 Å². The third-order valence-electron chi connectivity index (χ3n) is 3.59. The van der Waals surface area contributed by atoms with Crippen LogP contribution in [0.5, 0.6) is 0 Å². The van der Waals surface area contributed by atoms with Crippen molar-refractivity contribution >= 4 is 11.6 Å². The van der Waals surface area contributed by atoms with E-state index in [-0.39, 0.29) is 0 Å². The molecule has 0 radical (unpaired) electrons. The van der Waals surface area contributed by atoms with E-state index in [2.05, 4.69) is 34.2 Å². The Kier molecular flexibility index (Phi) is 3.04. The van der Waals surface area contributed by atoms with Gasteiger partial charge >= 0.3 is 0 Å². The van der Waals surface area contributed by atoms with E-state index in [4.69, 9.17) is 11.6 Å². The lowest BCUT2D eigenvalue weighted by atomic mass is 9.78. The Morgan fingerprint density at radius 1 is 1.17 bits per heavy atom. The van der Waals surface area contributed by atoms with E-state index in [1.807, 2.05) is 13.0 Å². The van der Waals surface area contributed by atoms with Crippen LogP contribution < -0.4 is 0 Å². The number of hydrogen-bond acceptors (Lipinski definition) is 2. The lowest BCUT2D eigenvalue weighted by Crippen LogP contribution is -2.10. The number of nitrogens with zero attached hydrogens (tertiary/aromatic N) is 2. The van der Waals surface area contributed by atoms with Gasteiger partial charge in [-0.05, 0) is 31.2 Å². The number of hydrogen-bond donors (Lipinski definition) is 0. The van der Waals surface area contributed by atoms with Crippen molar-refractivity contribution in [1.82, 2.24) is 9.97 Å². The fraction of sp³-hybridized carbons (Fsp3) is 0.333. The molecule has 1 saturated carbocycles. The highest BCUT2D eigenvalue weighted by atomic mass is 35.5. The molecular weight excluding hydrogens is 244 g/mol. The van der Waals surface area contributed by atoms with E-state index in [1.165, 1.54) is 30.4 Å². The van der Waals surface area contributed by atoms with E-state index < -0.39 is 0 Å². The molecule has 2 nitrogen and oxygen atoms in total. The second-order valence-corrected chi connectivity index (χ2v) is 5.23. The average molecular weight is 259 g/mol. The zero-order valence-corrected chi connectivity index (χ0v) is 11.1. The number of benzene rings is 1. The largest absolute Gasteiger partial charge is 0.233 e. The van der Waals surface area contributed by atoms with Gasteiger partial charge in [0.15, 0.2) is 0 Å². The smallest absolute Gasteiger partial charge is 0.133 e. The van der Waals surface area contributed by atoms with E-state index >= 15 is 0 Å². The van der Waals surface area contributed by atoms with Crippen LogP contribution in [0.1, 0.15) is 36.6 Å². The molecule has 1 aliphatic carbocycles. The van der Waals surface area contributed by atoms with Crippen molar-refractivity contribution in [2.45, 2.75) is 32.1 Å². The van der Waals surface area contributed by atoms with Crippen LogP contribution in [-0.4, -0.2) is 9.97 Å². The van der Waals surface area contributed by atoms with E-state index in [9.17, 15) is 0 Å². The molecule has 0 unspecified atom stereocenters. The van der Waals surface area contributed by atoms with Gasteiger partial charge in [-0.3, -0.25) is 0 Å². The fourth-order valence-electron chi connectivity index (χ4n) is 2.47. The fourth-order valence-corrected chi connectivity index (χ4v) is 2.70. The summed E-state index contributed by atoms with van der Waals surface area (Å²) < 4.78 is 0. The number of halogens is 1. The molecule has 0 bridgehead atoms. The maximum absolute atomic E-state index is 6.03. The van der Waals surface area contributed by atoms with Gasteiger partial charge in [-0.1, -0.05) is 42.3 Å². The van der Waals surface area contributed by atoms with Gasteiger partial charge < -0.3 is 0 Å². The van der Waals surface area contributed by atoms with Crippen molar-refractivity contribution in [2.75, 3.05) is 0 Å². The molecule has 1 aromatic carbocycles. The molecule has 18 heavy (non-hydrogen) atoms. The van der Waals surface area contributed by atoms with Crippen molar-refractivity contribution in [3.8, 4) is 11.3 Å². The van der Waals surface area contributed by atoms with Gasteiger partial charge in [0.2, 0.25) is 0 Å². The summed E-state index contributed by atoms with van der Waals surface area (Å²) in [4.78, 5) is 8.63. The van der Waals surface area contributed by atoms with Gasteiger partial charge in [0, 0.05) is 11.6 Å². The van der Waals surface area contributed by atoms with Crippen molar-refractivity contribution in [3.63, 3.8) is 0 Å². The summed E-state index contributed by atoms with van der Waals surface area (Å²) >= 11 is 6.03. The molecule has 1 aliphatic rings. The first-order valence-electron chi connectivity index (χ1n) is 6.34. The summed E-state index contributed by atoms with van der Waals surface area (Å²) in [6, 6.07) is 10.4. The van der Waals surface area contributed by atoms with Gasteiger partial charge in [0.1, 0.15) is 11.0 Å². The van der Waals surface area contributed by atoms with Gasteiger partial charge in [-0.2, -0.15) is 0 Å². The van der Waals surface area contributed by atoms with Crippen LogP contribution in [0.2, 0.25) is 5.15 Å². The number of aromatic nitrogens is 2. The molecule has 0 N–H and O–H groups in total. The Balaban J connectivity index is 2.10. The summed E-state index contributed by atoms with van der Waals surface area (Å²) in [7, 11) is 0. The first-order chi connectivity index (χ1) is 8.74. The Morgan fingerprint density at radius 3 is 2.61 bits per heavy atom. The second kappa shape index (κ2) is 4.69. The summed E-state index contributed by atoms with van der Waals surface area (Å²) in [6.45, 7) is 1.88. The number of rotatable bonds is 2. The van der Waals surface area contributed by atoms with E-state index in [0.29, 0.717) is 11.1 Å². The summed E-state index contributed by atoms with van der Waals surface area (Å²) in [5.74, 6) is 1.41. The lowest BCUT2D eigenvalue weighted by Gasteiger charge is -2.27. The molecule has 1 aromatic heterocycles. The second-order valence-electron chi connectivity index (χ2n) is 4.84. The summed E-state index contributed by atoms with van der Waals surface area (Å²) in [5, 5.41) is 0.515. The topological polar surface area (TPSA) is 25.8 Å². The Hall–Kier alpha value is -1.41. The third kappa shape index (κ3) is 2.13. The van der Waals surface area contributed by atoms with Crippen molar-refractivity contribution in [1.29, 1.82) is 0 Å². The molecule has 3 rings (SSSR count). The molecule has 92 valence electrons. The van der Waals surface area contributed by atoms with Crippen LogP contribution in [0, 0.1) is 6.92 Å². The Bertz CT molecular complexity index is 556. The maximum atomic E-state index is 6.03. The molecule has 0 atom stereocenters. The zero-order chi connectivity index (χ0) is 12.5. The van der Waals surface area contributed by atoms with Crippen molar-refractivity contribution in [2.24, 2.45) is 0 Å². The minimum Gasteiger partial charge on any atom is -0.233 e. The predicted molar refractivity (Wildman–Crippen MR) is 73.8 cm³/mol. The normalized spacial score (nSPS) is 15.4. The van der Waals surface area contributed by atoms with Gasteiger partial charge in [-0.25, -0.2) is 9.97 Å². The highest BCUT2D eigenvalue weighted by Gasteiger charge is 2.22. The molecule has 3 heteroatoms. The molecule has 1 fully saturated rings. The van der Waals surface area contributed by atoms with E-state index in [1.54, 1.807) is 0 Å². The molecule has 0 aliphatic heterocycles. The van der Waals surface area contributed by atoms with Crippen LogP contribution in [0.25, 0.3) is 11.3 Å². The molecule has 2 aromatic rings. The minimum absolute atomic E-state index is 0.515. The van der Waals surface area contributed by atoms with Gasteiger partial charge in [0.05, 0.1) is 5.69 Å². The van der Waals surface area contributed by atoms with E-state index in [0.717, 1.165) is 11.5 Å². The molecule has 1 heterocycles. The third-order valence-corrected chi connectivity index (χ3v) is 3.78. The van der Waals surface area contributed by atoms with Crippen LogP contribution in [0.15, 0.2) is 30.3 Å². The monoisotopic (exact) mass is 258 g/mol. The summed E-state index contributed by atoms with van der Waals surface area (Å²) in [5.41, 5.74) is 3.54. The molecule has 0 saturated heterocycles. The first-order valence-corrected chi connectivity index (χ1v) is 6.72. The average Bonchev–Trinajstić information content (AvgIpc) is 2.26. The Morgan fingerprint density at radius 2 is 1.94 bits per heavy atom. The minimum atomic E-state index is 0.515. The van der Waals surface area contributed by atoms with Crippen molar-refractivity contribution in [3.05, 3.63) is 46.9 Å². The van der Waals surface area contributed by atoms with Gasteiger partial charge in [0.25, 0.3) is 0 Å². The first kappa shape index (κ1) is 11.7. The van der Waals surface area contributed by atoms with Crippen molar-refractivity contribution < 1.29 is 0 Å². The van der Waals surface area contributed by atoms with Crippen LogP contribution in [0.4, 0.5) is 0 Å².